The molecule has 2 aliphatic rings. The van der Waals surface area contributed by atoms with Gasteiger partial charge in [-0.15, -0.1) is 0 Å². The van der Waals surface area contributed by atoms with E-state index in [0.29, 0.717) is 30.5 Å². The van der Waals surface area contributed by atoms with E-state index in [-0.39, 0.29) is 0 Å². The predicted octanol–water partition coefficient (Wildman–Crippen LogP) is 2.65. The summed E-state index contributed by atoms with van der Waals surface area (Å²) >= 11 is 0. The molecule has 0 aliphatic carbocycles. The van der Waals surface area contributed by atoms with Crippen molar-refractivity contribution in [3.8, 4) is 0 Å². The highest BCUT2D eigenvalue weighted by Gasteiger charge is 2.38. The van der Waals surface area contributed by atoms with E-state index in [1.807, 2.05) is 23.1 Å². The van der Waals surface area contributed by atoms with Gasteiger partial charge in [0.25, 0.3) is 0 Å². The Morgan fingerprint density at radius 1 is 1.35 bits per heavy atom. The summed E-state index contributed by atoms with van der Waals surface area (Å²) in [4.78, 5) is 14.4. The molecule has 0 N–H and O–H groups in total. The van der Waals surface area contributed by atoms with Gasteiger partial charge in [-0.1, -0.05) is 30.3 Å². The molecule has 1 aromatic carbocycles. The van der Waals surface area contributed by atoms with E-state index in [1.54, 1.807) is 0 Å². The van der Waals surface area contributed by atoms with Crippen LogP contribution in [0.15, 0.2) is 30.3 Å². The molecular formula is C17H23NO2. The first-order valence-electron chi connectivity index (χ1n) is 7.69. The van der Waals surface area contributed by atoms with Crippen LogP contribution in [-0.4, -0.2) is 36.1 Å². The lowest BCUT2D eigenvalue weighted by Gasteiger charge is -2.34. The normalized spacial score (nSPS) is 29.2. The maximum Gasteiger partial charge on any atom is 0.222 e. The number of fused-ring (bicyclic) bond motifs is 1. The Bertz CT molecular complexity index is 459. The van der Waals surface area contributed by atoms with Crippen LogP contribution in [0, 0.1) is 5.92 Å². The summed E-state index contributed by atoms with van der Waals surface area (Å²) in [6.45, 7) is 3.89. The Morgan fingerprint density at radius 3 is 2.95 bits per heavy atom. The molecule has 0 saturated carbocycles. The minimum Gasteiger partial charge on any atom is -0.375 e. The van der Waals surface area contributed by atoms with Gasteiger partial charge in [-0.25, -0.2) is 0 Å². The number of hydrogen-bond acceptors (Lipinski definition) is 2. The molecule has 1 aromatic rings. The van der Waals surface area contributed by atoms with Gasteiger partial charge < -0.3 is 9.64 Å². The number of carbonyl (C=O) groups is 1. The number of benzene rings is 1. The van der Waals surface area contributed by atoms with Crippen LogP contribution >= 0.6 is 0 Å². The predicted molar refractivity (Wildman–Crippen MR) is 78.4 cm³/mol. The monoisotopic (exact) mass is 273 g/mol. The molecule has 2 saturated heterocycles. The minimum absolute atomic E-state index is 0.298. The van der Waals surface area contributed by atoms with E-state index < -0.39 is 0 Å². The van der Waals surface area contributed by atoms with Gasteiger partial charge in [0.15, 0.2) is 0 Å². The summed E-state index contributed by atoms with van der Waals surface area (Å²) in [5.74, 6) is 0.853. The first-order valence-corrected chi connectivity index (χ1v) is 7.69. The largest absolute Gasteiger partial charge is 0.375 e. The molecule has 3 nitrogen and oxygen atoms in total. The Labute approximate surface area is 120 Å². The molecule has 0 bridgehead atoms. The zero-order valence-corrected chi connectivity index (χ0v) is 12.1. The first kappa shape index (κ1) is 13.6. The molecule has 108 valence electrons. The number of likely N-dealkylation sites (tertiary alicyclic amines) is 1. The van der Waals surface area contributed by atoms with Crippen molar-refractivity contribution in [1.82, 2.24) is 4.90 Å². The Hall–Kier alpha value is -1.35. The van der Waals surface area contributed by atoms with Crippen LogP contribution in [0.25, 0.3) is 0 Å². The molecular weight excluding hydrogens is 250 g/mol. The molecule has 0 spiro atoms. The second-order valence-electron chi connectivity index (χ2n) is 6.09. The number of carbonyl (C=O) groups excluding carboxylic acids is 1. The number of rotatable bonds is 3. The number of ether oxygens (including phenoxy) is 1. The highest BCUT2D eigenvalue weighted by Crippen LogP contribution is 2.32. The summed E-state index contributed by atoms with van der Waals surface area (Å²) in [7, 11) is 0. The fourth-order valence-corrected chi connectivity index (χ4v) is 3.48. The number of piperidine rings is 1. The van der Waals surface area contributed by atoms with Gasteiger partial charge in [0.1, 0.15) is 0 Å². The molecule has 1 amide bonds. The molecule has 2 fully saturated rings. The van der Waals surface area contributed by atoms with Gasteiger partial charge in [-0.3, -0.25) is 4.79 Å². The van der Waals surface area contributed by atoms with Gasteiger partial charge in [0.05, 0.1) is 12.2 Å². The number of aryl methyl sites for hydroxylation is 1. The third kappa shape index (κ3) is 3.04. The zero-order chi connectivity index (χ0) is 13.9. The Morgan fingerprint density at radius 2 is 2.15 bits per heavy atom. The summed E-state index contributed by atoms with van der Waals surface area (Å²) < 4.78 is 5.88. The van der Waals surface area contributed by atoms with Crippen molar-refractivity contribution in [3.63, 3.8) is 0 Å². The van der Waals surface area contributed by atoms with Crippen molar-refractivity contribution >= 4 is 5.91 Å². The smallest absolute Gasteiger partial charge is 0.222 e. The number of nitrogens with zero attached hydrogens (tertiary/aromatic N) is 1. The maximum atomic E-state index is 12.3. The van der Waals surface area contributed by atoms with E-state index in [4.69, 9.17) is 4.74 Å². The molecule has 3 atom stereocenters. The van der Waals surface area contributed by atoms with Crippen molar-refractivity contribution in [3.05, 3.63) is 35.9 Å². The molecule has 0 aromatic heterocycles. The SMILES string of the molecule is C[C@H]1C[C@H]2CN(C(=O)CCc3ccccc3)CC[C@H]2O1. The molecule has 3 heteroatoms. The molecule has 2 aliphatic heterocycles. The molecule has 2 heterocycles. The van der Waals surface area contributed by atoms with E-state index in [9.17, 15) is 4.79 Å². The Balaban J connectivity index is 1.51. The quantitative estimate of drug-likeness (QED) is 0.847. The third-order valence-corrected chi connectivity index (χ3v) is 4.53. The molecule has 3 rings (SSSR count). The van der Waals surface area contributed by atoms with E-state index >= 15 is 0 Å². The second kappa shape index (κ2) is 5.96. The maximum absolute atomic E-state index is 12.3. The van der Waals surface area contributed by atoms with Crippen molar-refractivity contribution in [2.24, 2.45) is 5.92 Å². The van der Waals surface area contributed by atoms with Crippen molar-refractivity contribution < 1.29 is 9.53 Å². The van der Waals surface area contributed by atoms with Crippen LogP contribution in [0.4, 0.5) is 0 Å². The van der Waals surface area contributed by atoms with Crippen LogP contribution in [0.5, 0.6) is 0 Å². The van der Waals surface area contributed by atoms with Crippen LogP contribution in [0.1, 0.15) is 31.7 Å². The summed E-state index contributed by atoms with van der Waals surface area (Å²) in [5, 5.41) is 0. The zero-order valence-electron chi connectivity index (χ0n) is 12.1. The Kier molecular flexibility index (Phi) is 4.06. The van der Waals surface area contributed by atoms with Gasteiger partial charge >= 0.3 is 0 Å². The van der Waals surface area contributed by atoms with Crippen molar-refractivity contribution in [2.45, 2.75) is 44.8 Å². The van der Waals surface area contributed by atoms with Crippen molar-refractivity contribution in [2.75, 3.05) is 13.1 Å². The second-order valence-corrected chi connectivity index (χ2v) is 6.09. The van der Waals surface area contributed by atoms with Crippen LogP contribution < -0.4 is 0 Å². The molecule has 0 unspecified atom stereocenters. The average molecular weight is 273 g/mol. The van der Waals surface area contributed by atoms with Gasteiger partial charge in [0, 0.05) is 25.4 Å². The van der Waals surface area contributed by atoms with E-state index in [2.05, 4.69) is 19.1 Å². The topological polar surface area (TPSA) is 29.5 Å². The molecule has 20 heavy (non-hydrogen) atoms. The van der Waals surface area contributed by atoms with Crippen LogP contribution in [0.2, 0.25) is 0 Å². The lowest BCUT2D eigenvalue weighted by molar-refractivity contribution is -0.134. The van der Waals surface area contributed by atoms with Gasteiger partial charge in [-0.05, 0) is 31.7 Å². The lowest BCUT2D eigenvalue weighted by atomic mass is 9.93. The summed E-state index contributed by atoms with van der Waals surface area (Å²) in [6.07, 6.45) is 4.33. The minimum atomic E-state index is 0.298. The average Bonchev–Trinajstić information content (AvgIpc) is 2.85. The van der Waals surface area contributed by atoms with Crippen molar-refractivity contribution in [1.29, 1.82) is 0 Å². The fraction of sp³-hybridized carbons (Fsp3) is 0.588. The van der Waals surface area contributed by atoms with E-state index in [1.165, 1.54) is 5.56 Å². The molecule has 0 radical (unpaired) electrons. The lowest BCUT2D eigenvalue weighted by Crippen LogP contribution is -2.44. The standard InChI is InChI=1S/C17H23NO2/c1-13-11-15-12-18(10-9-16(15)20-13)17(19)8-7-14-5-3-2-4-6-14/h2-6,13,15-16H,7-12H2,1H3/t13-,15-,16+/m0/s1. The van der Waals surface area contributed by atoms with Gasteiger partial charge in [-0.2, -0.15) is 0 Å². The van der Waals surface area contributed by atoms with Gasteiger partial charge in [0.2, 0.25) is 5.91 Å². The van der Waals surface area contributed by atoms with Crippen LogP contribution in [0.3, 0.4) is 0 Å². The third-order valence-electron chi connectivity index (χ3n) is 4.53. The highest BCUT2D eigenvalue weighted by atomic mass is 16.5. The number of hydrogen-bond donors (Lipinski definition) is 0. The highest BCUT2D eigenvalue weighted by molar-refractivity contribution is 5.76. The fourth-order valence-electron chi connectivity index (χ4n) is 3.48. The van der Waals surface area contributed by atoms with E-state index in [0.717, 1.165) is 32.4 Å². The first-order chi connectivity index (χ1) is 9.72. The van der Waals surface area contributed by atoms with Crippen LogP contribution in [-0.2, 0) is 16.0 Å². The summed E-state index contributed by atoms with van der Waals surface area (Å²) in [5.41, 5.74) is 1.24. The summed E-state index contributed by atoms with van der Waals surface area (Å²) in [6, 6.07) is 10.3. The number of amides is 1.